The molecule has 2 aromatic carbocycles. The fourth-order valence-corrected chi connectivity index (χ4v) is 4.54. The SMILES string of the molecule is COc1cccc([C@]2(C)NC(=O)N(CC(=O)N3N=C(c4ccc(C)cc4)C[C@H]3c3ccco3)C2=O)c1. The number of amides is 4. The van der Waals surface area contributed by atoms with E-state index in [1.54, 1.807) is 49.6 Å². The highest BCUT2D eigenvalue weighted by atomic mass is 16.5. The van der Waals surface area contributed by atoms with Crippen molar-refractivity contribution < 1.29 is 23.5 Å². The fourth-order valence-electron chi connectivity index (χ4n) is 4.54. The molecule has 9 nitrogen and oxygen atoms in total. The van der Waals surface area contributed by atoms with Crippen molar-refractivity contribution in [3.8, 4) is 5.75 Å². The molecule has 1 saturated heterocycles. The third-order valence-corrected chi connectivity index (χ3v) is 6.64. The topological polar surface area (TPSA) is 104 Å². The minimum atomic E-state index is -1.33. The molecule has 184 valence electrons. The van der Waals surface area contributed by atoms with Gasteiger partial charge < -0.3 is 14.5 Å². The number of carbonyl (C=O) groups excluding carboxylic acids is 3. The maximum Gasteiger partial charge on any atom is 0.325 e. The molecule has 2 aliphatic heterocycles. The largest absolute Gasteiger partial charge is 0.497 e. The number of hydrogen-bond acceptors (Lipinski definition) is 6. The molecule has 0 spiro atoms. The molecule has 0 radical (unpaired) electrons. The standard InChI is InChI=1S/C27H26N4O5/c1-17-9-11-18(12-10-17)21-15-22(23-8-5-13-36-23)31(29-21)24(32)16-30-25(33)27(2,28-26(30)34)19-6-4-7-20(14-19)35-3/h4-14,22H,15-16H2,1-3H3,(H,28,34)/t22-,27-/m0/s1. The van der Waals surface area contributed by atoms with Crippen LogP contribution in [0.25, 0.3) is 0 Å². The van der Waals surface area contributed by atoms with E-state index in [0.29, 0.717) is 23.5 Å². The van der Waals surface area contributed by atoms with Gasteiger partial charge in [0.25, 0.3) is 11.8 Å². The van der Waals surface area contributed by atoms with Crippen LogP contribution in [-0.2, 0) is 15.1 Å². The van der Waals surface area contributed by atoms with Gasteiger partial charge in [-0.25, -0.2) is 9.80 Å². The molecule has 0 bridgehead atoms. The molecule has 9 heteroatoms. The summed E-state index contributed by atoms with van der Waals surface area (Å²) in [7, 11) is 1.53. The lowest BCUT2D eigenvalue weighted by Crippen LogP contribution is -2.43. The first-order chi connectivity index (χ1) is 17.3. The molecule has 1 aromatic heterocycles. The molecule has 2 aliphatic rings. The molecule has 36 heavy (non-hydrogen) atoms. The van der Waals surface area contributed by atoms with Gasteiger partial charge in [0.15, 0.2) is 0 Å². The number of urea groups is 1. The zero-order chi connectivity index (χ0) is 25.4. The second kappa shape index (κ2) is 8.99. The Morgan fingerprint density at radius 1 is 1.17 bits per heavy atom. The highest BCUT2D eigenvalue weighted by Crippen LogP contribution is 2.35. The van der Waals surface area contributed by atoms with Crippen molar-refractivity contribution in [3.63, 3.8) is 0 Å². The van der Waals surface area contributed by atoms with Crippen molar-refractivity contribution in [2.24, 2.45) is 5.10 Å². The third kappa shape index (κ3) is 4.02. The number of nitrogens with zero attached hydrogens (tertiary/aromatic N) is 3. The van der Waals surface area contributed by atoms with Gasteiger partial charge in [-0.05, 0) is 49.2 Å². The Bertz CT molecular complexity index is 1350. The number of hydrazone groups is 1. The van der Waals surface area contributed by atoms with Gasteiger partial charge in [-0.3, -0.25) is 14.5 Å². The molecule has 0 unspecified atom stereocenters. The molecule has 1 N–H and O–H groups in total. The predicted molar refractivity (Wildman–Crippen MR) is 131 cm³/mol. The summed E-state index contributed by atoms with van der Waals surface area (Å²) in [6.07, 6.45) is 1.99. The summed E-state index contributed by atoms with van der Waals surface area (Å²) in [5.74, 6) is 0.122. The molecule has 0 saturated carbocycles. The highest BCUT2D eigenvalue weighted by Gasteiger charge is 2.50. The zero-order valence-electron chi connectivity index (χ0n) is 20.2. The van der Waals surface area contributed by atoms with E-state index in [9.17, 15) is 14.4 Å². The van der Waals surface area contributed by atoms with E-state index in [4.69, 9.17) is 9.15 Å². The van der Waals surface area contributed by atoms with E-state index >= 15 is 0 Å². The summed E-state index contributed by atoms with van der Waals surface area (Å²) in [6.45, 7) is 3.16. The average molecular weight is 487 g/mol. The van der Waals surface area contributed by atoms with Gasteiger partial charge in [-0.1, -0.05) is 42.0 Å². The first kappa shape index (κ1) is 23.3. The van der Waals surface area contributed by atoms with Crippen molar-refractivity contribution in [1.82, 2.24) is 15.2 Å². The Morgan fingerprint density at radius 3 is 2.64 bits per heavy atom. The summed E-state index contributed by atoms with van der Waals surface area (Å²) in [5.41, 5.74) is 1.97. The van der Waals surface area contributed by atoms with Gasteiger partial charge in [0.05, 0.1) is 19.1 Å². The van der Waals surface area contributed by atoms with Crippen LogP contribution in [0.2, 0.25) is 0 Å². The van der Waals surface area contributed by atoms with E-state index in [-0.39, 0.29) is 0 Å². The van der Waals surface area contributed by atoms with Crippen LogP contribution >= 0.6 is 0 Å². The van der Waals surface area contributed by atoms with Crippen molar-refractivity contribution >= 4 is 23.6 Å². The Hall–Kier alpha value is -4.40. The number of furan rings is 1. The third-order valence-electron chi connectivity index (χ3n) is 6.64. The summed E-state index contributed by atoms with van der Waals surface area (Å²) < 4.78 is 10.8. The summed E-state index contributed by atoms with van der Waals surface area (Å²) in [4.78, 5) is 40.6. The van der Waals surface area contributed by atoms with Gasteiger partial charge in [0.1, 0.15) is 29.6 Å². The monoisotopic (exact) mass is 486 g/mol. The van der Waals surface area contributed by atoms with E-state index in [1.165, 1.54) is 12.1 Å². The highest BCUT2D eigenvalue weighted by molar-refractivity contribution is 6.09. The Labute approximate surface area is 208 Å². The van der Waals surface area contributed by atoms with Gasteiger partial charge in [-0.15, -0.1) is 0 Å². The fraction of sp³-hybridized carbons (Fsp3) is 0.259. The summed E-state index contributed by atoms with van der Waals surface area (Å²) in [6, 6.07) is 17.2. The van der Waals surface area contributed by atoms with Crippen LogP contribution in [-0.4, -0.2) is 47.1 Å². The Kier molecular flexibility index (Phi) is 5.83. The first-order valence-corrected chi connectivity index (χ1v) is 11.6. The zero-order valence-corrected chi connectivity index (χ0v) is 20.2. The number of rotatable bonds is 6. The van der Waals surface area contributed by atoms with Crippen LogP contribution in [0, 0.1) is 6.92 Å². The molecule has 3 heterocycles. The molecular formula is C27H26N4O5. The second-order valence-electron chi connectivity index (χ2n) is 9.06. The van der Waals surface area contributed by atoms with Crippen molar-refractivity contribution in [2.75, 3.05) is 13.7 Å². The average Bonchev–Trinajstić information content (AvgIpc) is 3.61. The number of aryl methyl sites for hydroxylation is 1. The number of imide groups is 1. The van der Waals surface area contributed by atoms with Crippen LogP contribution in [0.15, 0.2) is 76.4 Å². The van der Waals surface area contributed by atoms with E-state index < -0.39 is 36.0 Å². The van der Waals surface area contributed by atoms with Crippen LogP contribution in [0.5, 0.6) is 5.75 Å². The van der Waals surface area contributed by atoms with Crippen LogP contribution < -0.4 is 10.1 Å². The minimum Gasteiger partial charge on any atom is -0.497 e. The number of methoxy groups -OCH3 is 1. The predicted octanol–water partition coefficient (Wildman–Crippen LogP) is 3.74. The maximum absolute atomic E-state index is 13.5. The summed E-state index contributed by atoms with van der Waals surface area (Å²) in [5, 5.41) is 8.63. The molecule has 1 fully saturated rings. The molecule has 3 aromatic rings. The van der Waals surface area contributed by atoms with Crippen molar-refractivity contribution in [3.05, 3.63) is 89.4 Å². The Balaban J connectivity index is 1.41. The number of carbonyl (C=O) groups is 3. The quantitative estimate of drug-likeness (QED) is 0.535. The smallest absolute Gasteiger partial charge is 0.325 e. The van der Waals surface area contributed by atoms with Crippen molar-refractivity contribution in [1.29, 1.82) is 0 Å². The number of nitrogens with one attached hydrogen (secondary N) is 1. The normalized spacial score (nSPS) is 21.5. The number of benzene rings is 2. The lowest BCUT2D eigenvalue weighted by Gasteiger charge is -2.24. The molecule has 2 atom stereocenters. The van der Waals surface area contributed by atoms with Gasteiger partial charge in [0, 0.05) is 6.42 Å². The van der Waals surface area contributed by atoms with Crippen LogP contribution in [0.4, 0.5) is 4.79 Å². The minimum absolute atomic E-state index is 0.448. The number of ether oxygens (including phenoxy) is 1. The van der Waals surface area contributed by atoms with E-state index in [1.807, 2.05) is 31.2 Å². The number of hydrogen-bond donors (Lipinski definition) is 1. The van der Waals surface area contributed by atoms with E-state index in [2.05, 4.69) is 10.4 Å². The summed E-state index contributed by atoms with van der Waals surface area (Å²) >= 11 is 0. The second-order valence-corrected chi connectivity index (χ2v) is 9.06. The van der Waals surface area contributed by atoms with Gasteiger partial charge in [0.2, 0.25) is 0 Å². The lowest BCUT2D eigenvalue weighted by molar-refractivity contribution is -0.140. The Morgan fingerprint density at radius 2 is 1.94 bits per heavy atom. The molecule has 0 aliphatic carbocycles. The lowest BCUT2D eigenvalue weighted by atomic mass is 9.92. The molecular weight excluding hydrogens is 460 g/mol. The van der Waals surface area contributed by atoms with Gasteiger partial charge in [-0.2, -0.15) is 5.10 Å². The van der Waals surface area contributed by atoms with E-state index in [0.717, 1.165) is 21.7 Å². The van der Waals surface area contributed by atoms with Gasteiger partial charge >= 0.3 is 6.03 Å². The van der Waals surface area contributed by atoms with Crippen LogP contribution in [0.3, 0.4) is 0 Å². The maximum atomic E-state index is 13.5. The van der Waals surface area contributed by atoms with Crippen LogP contribution in [0.1, 0.15) is 41.8 Å². The molecule has 4 amide bonds. The molecule has 5 rings (SSSR count). The first-order valence-electron chi connectivity index (χ1n) is 11.6. The van der Waals surface area contributed by atoms with Crippen molar-refractivity contribution in [2.45, 2.75) is 31.8 Å².